The lowest BCUT2D eigenvalue weighted by Crippen LogP contribution is -2.42. The maximum atomic E-state index is 11.6. The van der Waals surface area contributed by atoms with Gasteiger partial charge in [0.15, 0.2) is 0 Å². The van der Waals surface area contributed by atoms with Crippen LogP contribution in [0.15, 0.2) is 30.3 Å². The Balaban J connectivity index is 2.45. The minimum atomic E-state index is -0.427. The van der Waals surface area contributed by atoms with Gasteiger partial charge in [0.05, 0.1) is 13.7 Å². The molecule has 100 valence electrons. The van der Waals surface area contributed by atoms with E-state index < -0.39 is 6.04 Å². The molecule has 0 saturated heterocycles. The Morgan fingerprint density at radius 1 is 1.33 bits per heavy atom. The molecule has 0 radical (unpaired) electrons. The van der Waals surface area contributed by atoms with Gasteiger partial charge in [0.1, 0.15) is 6.04 Å². The first-order valence-electron chi connectivity index (χ1n) is 6.18. The van der Waals surface area contributed by atoms with Crippen LogP contribution in [0, 0.1) is 5.92 Å². The highest BCUT2D eigenvalue weighted by Gasteiger charge is 2.24. The fraction of sp³-hybridized carbons (Fsp3) is 0.500. The van der Waals surface area contributed by atoms with Gasteiger partial charge in [0.25, 0.3) is 0 Å². The van der Waals surface area contributed by atoms with Crippen molar-refractivity contribution in [2.24, 2.45) is 5.92 Å². The molecular formula is C14H21NO3. The molecule has 0 fully saturated rings. The van der Waals surface area contributed by atoms with Crippen LogP contribution in [0.3, 0.4) is 0 Å². The zero-order chi connectivity index (χ0) is 13.4. The van der Waals surface area contributed by atoms with Gasteiger partial charge in [-0.3, -0.25) is 9.63 Å². The highest BCUT2D eigenvalue weighted by Crippen LogP contribution is 2.09. The largest absolute Gasteiger partial charge is 0.468 e. The van der Waals surface area contributed by atoms with Crippen LogP contribution in [-0.2, 0) is 21.0 Å². The quantitative estimate of drug-likeness (QED) is 0.596. The summed E-state index contributed by atoms with van der Waals surface area (Å²) < 4.78 is 4.76. The molecule has 0 saturated carbocycles. The average Bonchev–Trinajstić information content (AvgIpc) is 2.43. The normalized spacial score (nSPS) is 13.9. The zero-order valence-corrected chi connectivity index (χ0v) is 11.2. The number of hydrogen-bond donors (Lipinski definition) is 1. The van der Waals surface area contributed by atoms with Gasteiger partial charge in [-0.2, -0.15) is 5.48 Å². The molecule has 0 aliphatic rings. The number of benzene rings is 1. The van der Waals surface area contributed by atoms with E-state index in [1.54, 1.807) is 0 Å². The highest BCUT2D eigenvalue weighted by atomic mass is 16.6. The summed E-state index contributed by atoms with van der Waals surface area (Å²) in [7, 11) is 1.39. The van der Waals surface area contributed by atoms with Crippen LogP contribution in [0.25, 0.3) is 0 Å². The second kappa shape index (κ2) is 7.84. The van der Waals surface area contributed by atoms with E-state index in [0.717, 1.165) is 12.0 Å². The van der Waals surface area contributed by atoms with E-state index >= 15 is 0 Å². The number of nitrogens with one attached hydrogen (secondary N) is 1. The third-order valence-electron chi connectivity index (χ3n) is 2.96. The molecule has 2 unspecified atom stereocenters. The van der Waals surface area contributed by atoms with Gasteiger partial charge in [0.2, 0.25) is 0 Å². The van der Waals surface area contributed by atoms with Crippen molar-refractivity contribution in [3.63, 3.8) is 0 Å². The minimum Gasteiger partial charge on any atom is -0.468 e. The summed E-state index contributed by atoms with van der Waals surface area (Å²) >= 11 is 0. The third kappa shape index (κ3) is 4.47. The van der Waals surface area contributed by atoms with Crippen molar-refractivity contribution >= 4 is 5.97 Å². The van der Waals surface area contributed by atoms with Gasteiger partial charge < -0.3 is 4.74 Å². The predicted octanol–water partition coefficient (Wildman–Crippen LogP) is 2.30. The molecule has 1 aromatic rings. The van der Waals surface area contributed by atoms with E-state index in [1.807, 2.05) is 44.2 Å². The van der Waals surface area contributed by atoms with E-state index in [1.165, 1.54) is 7.11 Å². The molecule has 0 aromatic heterocycles. The Morgan fingerprint density at radius 3 is 2.56 bits per heavy atom. The predicted molar refractivity (Wildman–Crippen MR) is 69.6 cm³/mol. The highest BCUT2D eigenvalue weighted by molar-refractivity contribution is 5.75. The summed E-state index contributed by atoms with van der Waals surface area (Å²) in [5, 5.41) is 0. The Bertz CT molecular complexity index is 353. The molecular weight excluding hydrogens is 230 g/mol. The fourth-order valence-corrected chi connectivity index (χ4v) is 1.55. The standard InChI is InChI=1S/C14H21NO3/c1-4-11(2)13(14(16)17-3)15-18-10-12-8-6-5-7-9-12/h5-9,11,13,15H,4,10H2,1-3H3. The van der Waals surface area contributed by atoms with Crippen molar-refractivity contribution in [2.45, 2.75) is 32.9 Å². The summed E-state index contributed by atoms with van der Waals surface area (Å²) in [5.74, 6) is -0.134. The maximum absolute atomic E-state index is 11.6. The van der Waals surface area contributed by atoms with Gasteiger partial charge >= 0.3 is 5.97 Å². The van der Waals surface area contributed by atoms with Gasteiger partial charge in [-0.15, -0.1) is 0 Å². The van der Waals surface area contributed by atoms with Crippen molar-refractivity contribution in [1.29, 1.82) is 0 Å². The van der Waals surface area contributed by atoms with Crippen LogP contribution in [0.1, 0.15) is 25.8 Å². The van der Waals surface area contributed by atoms with Crippen LogP contribution in [-0.4, -0.2) is 19.1 Å². The van der Waals surface area contributed by atoms with E-state index in [4.69, 9.17) is 9.57 Å². The van der Waals surface area contributed by atoms with Crippen LogP contribution in [0.4, 0.5) is 0 Å². The van der Waals surface area contributed by atoms with Crippen LogP contribution < -0.4 is 5.48 Å². The number of hydroxylamine groups is 1. The van der Waals surface area contributed by atoms with Crippen LogP contribution >= 0.6 is 0 Å². The Morgan fingerprint density at radius 2 is 2.00 bits per heavy atom. The van der Waals surface area contributed by atoms with E-state index in [-0.39, 0.29) is 11.9 Å². The monoisotopic (exact) mass is 251 g/mol. The molecule has 2 atom stereocenters. The van der Waals surface area contributed by atoms with Crippen molar-refractivity contribution in [2.75, 3.05) is 7.11 Å². The first kappa shape index (κ1) is 14.7. The second-order valence-corrected chi connectivity index (χ2v) is 4.28. The Labute approximate surface area is 108 Å². The number of carbonyl (C=O) groups excluding carboxylic acids is 1. The minimum absolute atomic E-state index is 0.160. The lowest BCUT2D eigenvalue weighted by atomic mass is 10.0. The Hall–Kier alpha value is -1.39. The topological polar surface area (TPSA) is 47.6 Å². The SMILES string of the molecule is CCC(C)C(NOCc1ccccc1)C(=O)OC. The summed E-state index contributed by atoms with van der Waals surface area (Å²) in [6, 6.07) is 9.36. The molecule has 0 spiro atoms. The number of rotatable bonds is 7. The van der Waals surface area contributed by atoms with Crippen LogP contribution in [0.5, 0.6) is 0 Å². The van der Waals surface area contributed by atoms with E-state index in [2.05, 4.69) is 5.48 Å². The molecule has 0 amide bonds. The molecule has 0 aliphatic carbocycles. The summed E-state index contributed by atoms with van der Waals surface area (Å²) in [4.78, 5) is 17.0. The Kier molecular flexibility index (Phi) is 6.39. The van der Waals surface area contributed by atoms with E-state index in [0.29, 0.717) is 6.61 Å². The number of methoxy groups -OCH3 is 1. The fourth-order valence-electron chi connectivity index (χ4n) is 1.55. The molecule has 4 nitrogen and oxygen atoms in total. The zero-order valence-electron chi connectivity index (χ0n) is 11.2. The number of ether oxygens (including phenoxy) is 1. The molecule has 1 aromatic carbocycles. The first-order chi connectivity index (χ1) is 8.69. The van der Waals surface area contributed by atoms with Gasteiger partial charge in [0, 0.05) is 0 Å². The molecule has 1 rings (SSSR count). The van der Waals surface area contributed by atoms with Gasteiger partial charge in [-0.05, 0) is 11.5 Å². The molecule has 0 bridgehead atoms. The number of esters is 1. The maximum Gasteiger partial charge on any atom is 0.325 e. The molecule has 1 N–H and O–H groups in total. The summed E-state index contributed by atoms with van der Waals surface area (Å²) in [6.07, 6.45) is 0.876. The van der Waals surface area contributed by atoms with Crippen molar-refractivity contribution in [3.8, 4) is 0 Å². The molecule has 4 heteroatoms. The number of hydrogen-bond acceptors (Lipinski definition) is 4. The smallest absolute Gasteiger partial charge is 0.325 e. The van der Waals surface area contributed by atoms with E-state index in [9.17, 15) is 4.79 Å². The molecule has 0 aliphatic heterocycles. The lowest BCUT2D eigenvalue weighted by Gasteiger charge is -2.21. The molecule has 0 heterocycles. The van der Waals surface area contributed by atoms with Gasteiger partial charge in [-0.1, -0.05) is 50.6 Å². The van der Waals surface area contributed by atoms with Crippen LogP contribution in [0.2, 0.25) is 0 Å². The number of carbonyl (C=O) groups is 1. The first-order valence-corrected chi connectivity index (χ1v) is 6.18. The van der Waals surface area contributed by atoms with Crippen molar-refractivity contribution < 1.29 is 14.4 Å². The second-order valence-electron chi connectivity index (χ2n) is 4.28. The summed E-state index contributed by atoms with van der Waals surface area (Å²) in [6.45, 7) is 4.44. The average molecular weight is 251 g/mol. The lowest BCUT2D eigenvalue weighted by molar-refractivity contribution is -0.150. The molecule has 18 heavy (non-hydrogen) atoms. The third-order valence-corrected chi connectivity index (χ3v) is 2.96. The van der Waals surface area contributed by atoms with Crippen molar-refractivity contribution in [3.05, 3.63) is 35.9 Å². The van der Waals surface area contributed by atoms with Gasteiger partial charge in [-0.25, -0.2) is 0 Å². The van der Waals surface area contributed by atoms with Crippen molar-refractivity contribution in [1.82, 2.24) is 5.48 Å². The summed E-state index contributed by atoms with van der Waals surface area (Å²) in [5.41, 5.74) is 3.85.